The number of benzene rings is 1. The van der Waals surface area contributed by atoms with Gasteiger partial charge in [-0.05, 0) is 44.8 Å². The lowest BCUT2D eigenvalue weighted by molar-refractivity contribution is -0.0603. The molecule has 7 heteroatoms. The molecule has 2 aliphatic rings. The number of aromatic nitrogens is 2. The highest BCUT2D eigenvalue weighted by Gasteiger charge is 2.46. The maximum atomic E-state index is 11.7. The van der Waals surface area contributed by atoms with Crippen LogP contribution in [0.15, 0.2) is 30.3 Å². The Morgan fingerprint density at radius 1 is 1.15 bits per heavy atom. The van der Waals surface area contributed by atoms with Gasteiger partial charge in [-0.2, -0.15) is 4.98 Å². The molecule has 4 rings (SSSR count). The molecule has 0 radical (unpaired) electrons. The predicted octanol–water partition coefficient (Wildman–Crippen LogP) is 2.58. The molecule has 0 bridgehead atoms. The number of hydrogen-bond donors (Lipinski definition) is 2. The number of aryl methyl sites for hydroxylation is 1. The normalized spacial score (nSPS) is 26.5. The highest BCUT2D eigenvalue weighted by atomic mass is 35.5. The standard InChI is InChI=1S/C20H26ClN5O/c1-14-17(21)18(24-19(22)23-14)26-12-9-20(27,15-7-3-2-4-8-15)16(13-26)25-10-5-6-11-25/h2-4,7-8,16,27H,5-6,9-13H2,1H3,(H2,22,23,24)/t16-,20+/m1/s1. The average molecular weight is 388 g/mol. The molecule has 0 spiro atoms. The molecule has 2 aromatic rings. The second-order valence-corrected chi connectivity index (χ2v) is 7.93. The number of hydrogen-bond acceptors (Lipinski definition) is 6. The lowest BCUT2D eigenvalue weighted by Crippen LogP contribution is -2.60. The van der Waals surface area contributed by atoms with Gasteiger partial charge in [0.15, 0.2) is 5.82 Å². The van der Waals surface area contributed by atoms with Gasteiger partial charge in [-0.25, -0.2) is 4.98 Å². The van der Waals surface area contributed by atoms with Gasteiger partial charge in [0.1, 0.15) is 10.6 Å². The molecule has 0 saturated carbocycles. The van der Waals surface area contributed by atoms with Gasteiger partial charge < -0.3 is 15.7 Å². The van der Waals surface area contributed by atoms with Crippen LogP contribution in [0, 0.1) is 6.92 Å². The fourth-order valence-corrected chi connectivity index (χ4v) is 4.63. The van der Waals surface area contributed by atoms with Crippen molar-refractivity contribution in [3.05, 3.63) is 46.6 Å². The SMILES string of the molecule is Cc1nc(N)nc(N2CC[C@](O)(c3ccccc3)[C@H](N3CCCC3)C2)c1Cl. The molecule has 1 aromatic heterocycles. The Balaban J connectivity index is 1.69. The number of likely N-dealkylation sites (tertiary alicyclic amines) is 1. The molecule has 0 aliphatic carbocycles. The lowest BCUT2D eigenvalue weighted by atomic mass is 9.79. The maximum absolute atomic E-state index is 11.7. The fraction of sp³-hybridized carbons (Fsp3) is 0.500. The number of aliphatic hydroxyl groups is 1. The summed E-state index contributed by atoms with van der Waals surface area (Å²) in [7, 11) is 0. The van der Waals surface area contributed by atoms with E-state index >= 15 is 0 Å². The van der Waals surface area contributed by atoms with Gasteiger partial charge >= 0.3 is 0 Å². The first-order valence-electron chi connectivity index (χ1n) is 9.55. The summed E-state index contributed by atoms with van der Waals surface area (Å²) in [5.74, 6) is 0.898. The first kappa shape index (κ1) is 18.5. The van der Waals surface area contributed by atoms with E-state index in [1.807, 2.05) is 37.3 Å². The van der Waals surface area contributed by atoms with Crippen molar-refractivity contribution in [2.24, 2.45) is 0 Å². The van der Waals surface area contributed by atoms with E-state index in [-0.39, 0.29) is 12.0 Å². The Kier molecular flexibility index (Phi) is 4.97. The van der Waals surface area contributed by atoms with Crippen molar-refractivity contribution in [3.63, 3.8) is 0 Å². The van der Waals surface area contributed by atoms with Crippen LogP contribution in [-0.2, 0) is 5.60 Å². The number of nitrogen functional groups attached to an aromatic ring is 1. The molecule has 3 heterocycles. The van der Waals surface area contributed by atoms with Gasteiger partial charge in [-0.15, -0.1) is 0 Å². The molecule has 6 nitrogen and oxygen atoms in total. The Hall–Kier alpha value is -1.89. The topological polar surface area (TPSA) is 78.5 Å². The lowest BCUT2D eigenvalue weighted by Gasteiger charge is -2.49. The number of nitrogens with two attached hydrogens (primary N) is 1. The molecule has 144 valence electrons. The highest BCUT2D eigenvalue weighted by Crippen LogP contribution is 2.39. The third kappa shape index (κ3) is 3.37. The van der Waals surface area contributed by atoms with Crippen LogP contribution in [0.2, 0.25) is 5.02 Å². The minimum Gasteiger partial charge on any atom is -0.383 e. The largest absolute Gasteiger partial charge is 0.383 e. The number of halogens is 1. The minimum absolute atomic E-state index is 0.0243. The summed E-state index contributed by atoms with van der Waals surface area (Å²) < 4.78 is 0. The molecule has 3 N–H and O–H groups in total. The summed E-state index contributed by atoms with van der Waals surface area (Å²) in [6.45, 7) is 5.16. The molecular formula is C20H26ClN5O. The van der Waals surface area contributed by atoms with E-state index in [0.717, 1.165) is 18.7 Å². The van der Waals surface area contributed by atoms with Gasteiger partial charge in [0.25, 0.3) is 0 Å². The average Bonchev–Trinajstić information content (AvgIpc) is 3.20. The van der Waals surface area contributed by atoms with Gasteiger partial charge in [0.2, 0.25) is 5.95 Å². The highest BCUT2D eigenvalue weighted by molar-refractivity contribution is 6.33. The van der Waals surface area contributed by atoms with Crippen LogP contribution in [-0.4, -0.2) is 52.2 Å². The van der Waals surface area contributed by atoms with Gasteiger partial charge in [0, 0.05) is 13.1 Å². The zero-order chi connectivity index (χ0) is 19.0. The van der Waals surface area contributed by atoms with E-state index in [4.69, 9.17) is 17.3 Å². The molecule has 27 heavy (non-hydrogen) atoms. The van der Waals surface area contributed by atoms with Crippen molar-refractivity contribution < 1.29 is 5.11 Å². The number of anilines is 2. The number of nitrogens with zero attached hydrogens (tertiary/aromatic N) is 4. The third-order valence-corrected chi connectivity index (χ3v) is 6.32. The molecule has 0 unspecified atom stereocenters. The van der Waals surface area contributed by atoms with E-state index in [1.165, 1.54) is 12.8 Å². The summed E-state index contributed by atoms with van der Waals surface area (Å²) in [5, 5.41) is 12.3. The van der Waals surface area contributed by atoms with Gasteiger partial charge in [0.05, 0.1) is 11.7 Å². The van der Waals surface area contributed by atoms with Crippen molar-refractivity contribution in [1.29, 1.82) is 0 Å². The van der Waals surface area contributed by atoms with Crippen LogP contribution >= 0.6 is 11.6 Å². The summed E-state index contributed by atoms with van der Waals surface area (Å²) in [6, 6.07) is 10.00. The van der Waals surface area contributed by atoms with E-state index in [2.05, 4.69) is 19.8 Å². The molecule has 0 amide bonds. The van der Waals surface area contributed by atoms with Crippen LogP contribution in [0.5, 0.6) is 0 Å². The first-order valence-corrected chi connectivity index (χ1v) is 9.93. The van der Waals surface area contributed by atoms with Crippen LogP contribution in [0.3, 0.4) is 0 Å². The van der Waals surface area contributed by atoms with E-state index in [9.17, 15) is 5.11 Å². The fourth-order valence-electron chi connectivity index (χ4n) is 4.42. The van der Waals surface area contributed by atoms with Gasteiger partial charge in [-0.1, -0.05) is 41.9 Å². The Bertz CT molecular complexity index is 812. The van der Waals surface area contributed by atoms with Crippen molar-refractivity contribution >= 4 is 23.4 Å². The third-order valence-electron chi connectivity index (χ3n) is 5.88. The molecule has 1 aromatic carbocycles. The molecule has 2 saturated heterocycles. The molecular weight excluding hydrogens is 362 g/mol. The van der Waals surface area contributed by atoms with E-state index in [0.29, 0.717) is 36.0 Å². The summed E-state index contributed by atoms with van der Waals surface area (Å²) >= 11 is 6.50. The molecule has 2 aliphatic heterocycles. The predicted molar refractivity (Wildman–Crippen MR) is 108 cm³/mol. The maximum Gasteiger partial charge on any atom is 0.222 e. The first-order chi connectivity index (χ1) is 13.0. The Morgan fingerprint density at radius 3 is 2.56 bits per heavy atom. The quantitative estimate of drug-likeness (QED) is 0.842. The van der Waals surface area contributed by atoms with Crippen LogP contribution < -0.4 is 10.6 Å². The van der Waals surface area contributed by atoms with E-state index < -0.39 is 5.60 Å². The number of piperidine rings is 1. The van der Waals surface area contributed by atoms with Crippen molar-refractivity contribution in [1.82, 2.24) is 14.9 Å². The Morgan fingerprint density at radius 2 is 1.85 bits per heavy atom. The van der Waals surface area contributed by atoms with E-state index in [1.54, 1.807) is 0 Å². The van der Waals surface area contributed by atoms with Crippen molar-refractivity contribution in [2.45, 2.75) is 37.8 Å². The van der Waals surface area contributed by atoms with Crippen LogP contribution in [0.25, 0.3) is 0 Å². The summed E-state index contributed by atoms with van der Waals surface area (Å²) in [5.41, 5.74) is 6.64. The monoisotopic (exact) mass is 387 g/mol. The number of rotatable bonds is 3. The molecule has 2 fully saturated rings. The Labute approximate surface area is 165 Å². The summed E-state index contributed by atoms with van der Waals surface area (Å²) in [4.78, 5) is 13.1. The summed E-state index contributed by atoms with van der Waals surface area (Å²) in [6.07, 6.45) is 2.95. The molecule has 2 atom stereocenters. The van der Waals surface area contributed by atoms with Crippen LogP contribution in [0.4, 0.5) is 11.8 Å². The van der Waals surface area contributed by atoms with Crippen LogP contribution in [0.1, 0.15) is 30.5 Å². The van der Waals surface area contributed by atoms with Crippen molar-refractivity contribution in [2.75, 3.05) is 36.8 Å². The zero-order valence-corrected chi connectivity index (χ0v) is 16.4. The van der Waals surface area contributed by atoms with Crippen molar-refractivity contribution in [3.8, 4) is 0 Å². The second-order valence-electron chi connectivity index (χ2n) is 7.55. The van der Waals surface area contributed by atoms with Gasteiger partial charge in [-0.3, -0.25) is 4.90 Å². The second kappa shape index (κ2) is 7.26. The smallest absolute Gasteiger partial charge is 0.222 e. The minimum atomic E-state index is -0.887. The zero-order valence-electron chi connectivity index (χ0n) is 15.6.